The molecule has 1 unspecified atom stereocenters. The van der Waals surface area contributed by atoms with E-state index in [1.165, 1.54) is 10.9 Å². The fraction of sp³-hybridized carbons (Fsp3) is 0.562. The van der Waals surface area contributed by atoms with E-state index >= 15 is 4.39 Å². The molecular weight excluding hydrogens is 786 g/mol. The zero-order valence-electron chi connectivity index (χ0n) is 36.4. The van der Waals surface area contributed by atoms with Crippen LogP contribution in [0.15, 0.2) is 54.9 Å². The minimum atomic E-state index is -1.35. The van der Waals surface area contributed by atoms with Crippen molar-refractivity contribution in [3.8, 4) is 0 Å². The molecule has 13 nitrogen and oxygen atoms in total. The SMILES string of the molecule is C[C@@H]1Cc2c([nH]c3ccccc23)[C@@H](c2cnc(N3CCC4(CCN(CC5CCN(c6ccc7c(c6)CN(C6CCC(=O)NC6=O)C7=O)CC5)CCO4)CC3)nc2)N1CC(C)(C)F. The number of imide groups is 1. The van der Waals surface area contributed by atoms with Gasteiger partial charge in [-0.3, -0.25) is 24.6 Å². The van der Waals surface area contributed by atoms with E-state index in [1.807, 2.05) is 24.5 Å². The second-order valence-electron chi connectivity index (χ2n) is 19.5. The molecule has 0 aliphatic carbocycles. The summed E-state index contributed by atoms with van der Waals surface area (Å²) in [5.41, 5.74) is 5.78. The summed E-state index contributed by atoms with van der Waals surface area (Å²) < 4.78 is 22.0. The molecule has 3 atom stereocenters. The highest BCUT2D eigenvalue weighted by Gasteiger charge is 2.42. The number of fused-ring (bicyclic) bond motifs is 4. The minimum Gasteiger partial charge on any atom is -0.373 e. The number of hydrogen-bond acceptors (Lipinski definition) is 10. The van der Waals surface area contributed by atoms with Crippen LogP contribution in [0, 0.1) is 5.92 Å². The van der Waals surface area contributed by atoms with E-state index in [1.54, 1.807) is 18.7 Å². The third-order valence-corrected chi connectivity index (χ3v) is 14.7. The molecule has 0 bridgehead atoms. The number of rotatable bonds is 8. The number of aromatic nitrogens is 3. The summed E-state index contributed by atoms with van der Waals surface area (Å²) in [6.07, 6.45) is 10.5. The standard InChI is InChI=1S/C48H60FN9O4/c1-31-24-38-37-6-4-5-7-39(37)52-42(38)43(58(31)30-47(2,3)49)34-26-50-46(51-27-34)56-20-15-48(16-21-56)14-19-54(22-23-62-48)28-32-12-17-55(18-13-32)35-8-9-36-33(25-35)29-57(45(36)61)40-10-11-41(59)53-44(40)60/h4-9,25-27,31-32,40,43,52H,10-24,28-30H2,1-3H3,(H,53,59,60)/t31-,40?,43-/m1/s1. The van der Waals surface area contributed by atoms with Crippen molar-refractivity contribution in [2.75, 3.05) is 68.8 Å². The molecule has 2 aromatic heterocycles. The average Bonchev–Trinajstić information content (AvgIpc) is 3.72. The highest BCUT2D eigenvalue weighted by atomic mass is 19.1. The molecule has 3 amide bonds. The number of H-pyrrole nitrogens is 1. The predicted octanol–water partition coefficient (Wildman–Crippen LogP) is 5.78. The summed E-state index contributed by atoms with van der Waals surface area (Å²) in [5.74, 6) is 0.585. The number of anilines is 2. The van der Waals surface area contributed by atoms with Crippen LogP contribution in [0.1, 0.15) is 105 Å². The second-order valence-corrected chi connectivity index (χ2v) is 19.5. The molecule has 8 heterocycles. The Hall–Kier alpha value is -4.92. The molecule has 6 aliphatic heterocycles. The smallest absolute Gasteiger partial charge is 0.255 e. The Balaban J connectivity index is 0.720. The van der Waals surface area contributed by atoms with Crippen LogP contribution in [0.5, 0.6) is 0 Å². The van der Waals surface area contributed by atoms with E-state index < -0.39 is 11.7 Å². The zero-order valence-corrected chi connectivity index (χ0v) is 36.4. The van der Waals surface area contributed by atoms with E-state index in [0.717, 1.165) is 125 Å². The maximum absolute atomic E-state index is 15.3. The maximum atomic E-state index is 15.3. The first-order valence-electron chi connectivity index (χ1n) is 22.9. The molecule has 0 radical (unpaired) electrons. The van der Waals surface area contributed by atoms with Gasteiger partial charge in [0.2, 0.25) is 17.8 Å². The van der Waals surface area contributed by atoms with Gasteiger partial charge in [0, 0.05) is 117 Å². The maximum Gasteiger partial charge on any atom is 0.255 e. The number of hydrogen-bond donors (Lipinski definition) is 2. The summed E-state index contributed by atoms with van der Waals surface area (Å²) in [4.78, 5) is 62.2. The van der Waals surface area contributed by atoms with E-state index in [4.69, 9.17) is 14.7 Å². The van der Waals surface area contributed by atoms with Gasteiger partial charge in [0.05, 0.1) is 18.2 Å². The molecule has 62 heavy (non-hydrogen) atoms. The number of nitrogens with zero attached hydrogens (tertiary/aromatic N) is 7. The summed E-state index contributed by atoms with van der Waals surface area (Å²) >= 11 is 0. The van der Waals surface area contributed by atoms with E-state index in [2.05, 4.69) is 67.2 Å². The predicted molar refractivity (Wildman–Crippen MR) is 236 cm³/mol. The van der Waals surface area contributed by atoms with E-state index in [9.17, 15) is 14.4 Å². The highest BCUT2D eigenvalue weighted by Crippen LogP contribution is 2.42. The Labute approximate surface area is 363 Å². The lowest BCUT2D eigenvalue weighted by Crippen LogP contribution is -2.52. The lowest BCUT2D eigenvalue weighted by Gasteiger charge is -2.43. The molecule has 0 saturated carbocycles. The topological polar surface area (TPSA) is 130 Å². The fourth-order valence-corrected chi connectivity index (χ4v) is 11.3. The number of benzene rings is 2. The number of halogens is 1. The first-order chi connectivity index (χ1) is 29.9. The molecule has 4 saturated heterocycles. The monoisotopic (exact) mass is 845 g/mol. The Kier molecular flexibility index (Phi) is 10.8. The minimum absolute atomic E-state index is 0.124. The van der Waals surface area contributed by atoms with Crippen LogP contribution in [0.4, 0.5) is 16.0 Å². The number of aromatic amines is 1. The number of carbonyl (C=O) groups is 3. The van der Waals surface area contributed by atoms with Crippen LogP contribution in [-0.2, 0) is 27.3 Å². The van der Waals surface area contributed by atoms with Gasteiger partial charge in [-0.05, 0) is 107 Å². The number of piperidine rings is 3. The highest BCUT2D eigenvalue weighted by molar-refractivity contribution is 6.05. The molecule has 328 valence electrons. The number of ether oxygens (including phenoxy) is 1. The van der Waals surface area contributed by atoms with Gasteiger partial charge < -0.3 is 29.3 Å². The lowest BCUT2D eigenvalue weighted by molar-refractivity contribution is -0.136. The van der Waals surface area contributed by atoms with Gasteiger partial charge in [0.25, 0.3) is 5.91 Å². The second kappa shape index (κ2) is 16.3. The molecule has 2 N–H and O–H groups in total. The number of para-hydroxylation sites is 1. The summed E-state index contributed by atoms with van der Waals surface area (Å²) in [7, 11) is 0. The van der Waals surface area contributed by atoms with Gasteiger partial charge in [-0.25, -0.2) is 14.4 Å². The van der Waals surface area contributed by atoms with Crippen LogP contribution in [0.2, 0.25) is 0 Å². The Morgan fingerprint density at radius 2 is 1.68 bits per heavy atom. The van der Waals surface area contributed by atoms with Crippen LogP contribution in [0.3, 0.4) is 0 Å². The van der Waals surface area contributed by atoms with Crippen LogP contribution >= 0.6 is 0 Å². The average molecular weight is 846 g/mol. The fourth-order valence-electron chi connectivity index (χ4n) is 11.3. The van der Waals surface area contributed by atoms with Crippen molar-refractivity contribution < 1.29 is 23.5 Å². The van der Waals surface area contributed by atoms with E-state index in [-0.39, 0.29) is 41.8 Å². The van der Waals surface area contributed by atoms with Gasteiger partial charge in [-0.2, -0.15) is 0 Å². The summed E-state index contributed by atoms with van der Waals surface area (Å²) in [5, 5.41) is 3.63. The normalized spacial score (nSPS) is 25.3. The first kappa shape index (κ1) is 41.1. The first-order valence-corrected chi connectivity index (χ1v) is 22.9. The van der Waals surface area contributed by atoms with E-state index in [0.29, 0.717) is 31.0 Å². The summed E-state index contributed by atoms with van der Waals surface area (Å²) in [6, 6.07) is 13.9. The summed E-state index contributed by atoms with van der Waals surface area (Å²) in [6.45, 7) is 13.7. The third-order valence-electron chi connectivity index (χ3n) is 14.7. The van der Waals surface area contributed by atoms with Crippen LogP contribution in [-0.4, -0.2) is 130 Å². The Bertz CT molecular complexity index is 2330. The molecule has 6 aliphatic rings. The molecule has 4 fully saturated rings. The molecule has 1 spiro atoms. The Morgan fingerprint density at radius 3 is 2.44 bits per heavy atom. The Morgan fingerprint density at radius 1 is 0.919 bits per heavy atom. The van der Waals surface area contributed by atoms with Crippen molar-refractivity contribution in [1.29, 1.82) is 0 Å². The number of carbonyl (C=O) groups excluding carboxylic acids is 3. The van der Waals surface area contributed by atoms with Crippen molar-refractivity contribution >= 4 is 40.3 Å². The number of alkyl halides is 1. The molecular formula is C48H60FN9O4. The molecule has 14 heteroatoms. The van der Waals surface area contributed by atoms with Crippen LogP contribution in [0.25, 0.3) is 10.9 Å². The van der Waals surface area contributed by atoms with Gasteiger partial charge in [-0.15, -0.1) is 0 Å². The molecule has 2 aromatic carbocycles. The number of nitrogens with one attached hydrogen (secondary N) is 2. The van der Waals surface area contributed by atoms with Crippen molar-refractivity contribution in [2.45, 2.75) is 108 Å². The van der Waals surface area contributed by atoms with Crippen LogP contribution < -0.4 is 15.1 Å². The number of amides is 3. The largest absolute Gasteiger partial charge is 0.373 e. The van der Waals surface area contributed by atoms with Crippen molar-refractivity contribution in [2.24, 2.45) is 5.92 Å². The zero-order chi connectivity index (χ0) is 42.8. The quantitative estimate of drug-likeness (QED) is 0.211. The van der Waals surface area contributed by atoms with Crippen molar-refractivity contribution in [3.05, 3.63) is 82.8 Å². The van der Waals surface area contributed by atoms with Gasteiger partial charge in [0.1, 0.15) is 11.7 Å². The van der Waals surface area contributed by atoms with Gasteiger partial charge in [-0.1, -0.05) is 18.2 Å². The third kappa shape index (κ3) is 7.98. The van der Waals surface area contributed by atoms with Crippen molar-refractivity contribution in [1.82, 2.24) is 35.0 Å². The van der Waals surface area contributed by atoms with Crippen molar-refractivity contribution in [3.63, 3.8) is 0 Å². The van der Waals surface area contributed by atoms with Gasteiger partial charge >= 0.3 is 0 Å². The lowest BCUT2D eigenvalue weighted by atomic mass is 9.87. The van der Waals surface area contributed by atoms with Gasteiger partial charge in [0.15, 0.2) is 0 Å². The molecule has 10 rings (SSSR count). The molecule has 4 aromatic rings.